The standard InChI is InChI=1S/C37H34N4O4S.2H2S/c1-22-17-28(45-27-5-3-2-4-6-27)13-14-29(22)41-30-15-16-39-36-33(30)34(40-37(41)44)35(46-36)32(43)20-25-11-9-24(10-12-25)19-31(42)26(21-38)18-23-7-8-23;;/h2-6,13-18,23-25,43H,7-12,19-20H2,1H3;2*1H2/b26-18+,35-32?;;. The Labute approximate surface area is 296 Å². The van der Waals surface area contributed by atoms with Crippen LogP contribution in [0.5, 0.6) is 11.5 Å². The molecule has 2 saturated carbocycles. The molecule has 8 nitrogen and oxygen atoms in total. The number of pyridine rings is 1. The molecule has 0 amide bonds. The van der Waals surface area contributed by atoms with Gasteiger partial charge >= 0.3 is 5.69 Å². The number of aliphatic hydroxyl groups excluding tert-OH is 1. The highest BCUT2D eigenvalue weighted by atomic mass is 32.1. The van der Waals surface area contributed by atoms with Crippen molar-refractivity contribution in [3.05, 3.63) is 93.0 Å². The fraction of sp³-hybridized carbons (Fsp3) is 0.324. The second kappa shape index (κ2) is 15.0. The Morgan fingerprint density at radius 2 is 1.73 bits per heavy atom. The molecular weight excluding hydrogens is 661 g/mol. The number of aryl methyl sites for hydroxylation is 1. The van der Waals surface area contributed by atoms with Crippen molar-refractivity contribution in [2.24, 2.45) is 17.8 Å². The summed E-state index contributed by atoms with van der Waals surface area (Å²) >= 11 is 1.36. The summed E-state index contributed by atoms with van der Waals surface area (Å²) in [6, 6.07) is 19.1. The molecule has 0 saturated heterocycles. The number of nitrogens with zero attached hydrogens (tertiary/aromatic N) is 4. The van der Waals surface area contributed by atoms with E-state index in [2.05, 4.69) is 16.0 Å². The van der Waals surface area contributed by atoms with Crippen LogP contribution in [0.2, 0.25) is 0 Å². The maximum atomic E-state index is 13.6. The van der Waals surface area contributed by atoms with Crippen LogP contribution in [0.25, 0.3) is 32.7 Å². The van der Waals surface area contributed by atoms with E-state index >= 15 is 0 Å². The number of aromatic nitrogens is 3. The SMILES string of the molecule is Cc1cc(Oc2ccccc2)ccc1-n1c(=O)nc2c(=C(O)CC3CCC(CC(=O)/C(C#N)=C/C4CC4)CC3)sc3nccc1c32.S.S. The predicted molar refractivity (Wildman–Crippen MR) is 200 cm³/mol. The summed E-state index contributed by atoms with van der Waals surface area (Å²) in [5.74, 6) is 2.53. The van der Waals surface area contributed by atoms with Crippen LogP contribution in [0.4, 0.5) is 0 Å². The summed E-state index contributed by atoms with van der Waals surface area (Å²) in [6.07, 6.45) is 10.2. The fourth-order valence-electron chi connectivity index (χ4n) is 6.60. The molecule has 0 spiro atoms. The lowest BCUT2D eigenvalue weighted by molar-refractivity contribution is -0.116. The Morgan fingerprint density at radius 3 is 2.40 bits per heavy atom. The number of benzene rings is 2. The van der Waals surface area contributed by atoms with Gasteiger partial charge in [0.15, 0.2) is 5.78 Å². The Kier molecular flexibility index (Phi) is 11.0. The van der Waals surface area contributed by atoms with Crippen LogP contribution >= 0.6 is 38.3 Å². The molecule has 7 rings (SSSR count). The van der Waals surface area contributed by atoms with Gasteiger partial charge in [0.05, 0.1) is 26.7 Å². The molecule has 3 aromatic heterocycles. The zero-order valence-corrected chi connectivity index (χ0v) is 29.4. The largest absolute Gasteiger partial charge is 0.511 e. The number of ketones is 1. The zero-order chi connectivity index (χ0) is 31.8. The predicted octanol–water partition coefficient (Wildman–Crippen LogP) is 7.72. The molecule has 248 valence electrons. The lowest BCUT2D eigenvalue weighted by Crippen LogP contribution is -2.24. The Morgan fingerprint density at radius 1 is 1.02 bits per heavy atom. The minimum atomic E-state index is -0.426. The molecule has 2 aromatic carbocycles. The molecule has 48 heavy (non-hydrogen) atoms. The highest BCUT2D eigenvalue weighted by Crippen LogP contribution is 2.36. The number of thiophene rings is 1. The van der Waals surface area contributed by atoms with Gasteiger partial charge < -0.3 is 9.84 Å². The molecule has 11 heteroatoms. The van der Waals surface area contributed by atoms with Crippen LogP contribution in [-0.4, -0.2) is 25.4 Å². The van der Waals surface area contributed by atoms with Gasteiger partial charge in [-0.1, -0.05) is 24.3 Å². The molecule has 0 radical (unpaired) electrons. The Hall–Kier alpha value is -4.11. The number of hydrogen-bond donors (Lipinski definition) is 1. The number of rotatable bonds is 9. The number of nitriles is 1. The second-order valence-corrected chi connectivity index (χ2v) is 13.6. The minimum absolute atomic E-state index is 0. The monoisotopic (exact) mass is 698 g/mol. The van der Waals surface area contributed by atoms with Crippen molar-refractivity contribution in [3.8, 4) is 23.3 Å². The van der Waals surface area contributed by atoms with Gasteiger partial charge in [0, 0.05) is 19.0 Å². The van der Waals surface area contributed by atoms with E-state index in [-0.39, 0.29) is 50.4 Å². The van der Waals surface area contributed by atoms with Crippen molar-refractivity contribution in [2.75, 3.05) is 0 Å². The molecule has 1 N–H and O–H groups in total. The van der Waals surface area contributed by atoms with Crippen LogP contribution < -0.4 is 15.0 Å². The maximum absolute atomic E-state index is 13.6. The summed E-state index contributed by atoms with van der Waals surface area (Å²) in [6.45, 7) is 1.94. The number of para-hydroxylation sites is 1. The van der Waals surface area contributed by atoms with Crippen LogP contribution in [0.1, 0.15) is 56.9 Å². The van der Waals surface area contributed by atoms with Gasteiger partial charge in [-0.05, 0) is 105 Å². The van der Waals surface area contributed by atoms with E-state index in [9.17, 15) is 20.0 Å². The average molecular weight is 699 g/mol. The smallest absolute Gasteiger partial charge is 0.353 e. The van der Waals surface area contributed by atoms with E-state index in [1.807, 2.05) is 67.6 Å². The molecule has 0 atom stereocenters. The van der Waals surface area contributed by atoms with Gasteiger partial charge in [-0.25, -0.2) is 9.78 Å². The number of aliphatic hydroxyl groups is 1. The van der Waals surface area contributed by atoms with Crippen LogP contribution in [-0.2, 0) is 4.79 Å². The lowest BCUT2D eigenvalue weighted by Gasteiger charge is -2.27. The van der Waals surface area contributed by atoms with Crippen LogP contribution in [0.3, 0.4) is 0 Å². The first-order chi connectivity index (χ1) is 22.4. The van der Waals surface area contributed by atoms with E-state index in [0.29, 0.717) is 56.2 Å². The van der Waals surface area contributed by atoms with Crippen molar-refractivity contribution in [3.63, 3.8) is 0 Å². The molecule has 0 unspecified atom stereocenters. The molecule has 5 aromatic rings. The molecule has 0 bridgehead atoms. The molecule has 3 heterocycles. The number of carbonyl (C=O) groups is 1. The van der Waals surface area contributed by atoms with Crippen molar-refractivity contribution in [1.29, 1.82) is 5.26 Å². The Balaban J connectivity index is 0.00000225. The number of Topliss-reactive ketones (excluding diaryl/α,β-unsaturated/α-hetero) is 1. The fourth-order valence-corrected chi connectivity index (χ4v) is 7.65. The first-order valence-corrected chi connectivity index (χ1v) is 16.7. The highest BCUT2D eigenvalue weighted by molar-refractivity contribution is 7.59. The van der Waals surface area contributed by atoms with Gasteiger partial charge in [0.1, 0.15) is 33.7 Å². The summed E-state index contributed by atoms with van der Waals surface area (Å²) in [4.78, 5) is 36.1. The van der Waals surface area contributed by atoms with Crippen LogP contribution in [0.15, 0.2) is 77.2 Å². The van der Waals surface area contributed by atoms with Crippen LogP contribution in [0, 0.1) is 36.0 Å². The number of allylic oxidation sites excluding steroid dienone is 2. The summed E-state index contributed by atoms with van der Waals surface area (Å²) in [7, 11) is 0. The molecule has 2 aliphatic carbocycles. The second-order valence-electron chi connectivity index (χ2n) is 12.6. The van der Waals surface area contributed by atoms with E-state index in [4.69, 9.17) is 4.74 Å². The first-order valence-electron chi connectivity index (χ1n) is 15.9. The molecule has 2 aliphatic rings. The molecule has 2 fully saturated rings. The van der Waals surface area contributed by atoms with Crippen molar-refractivity contribution < 1.29 is 14.6 Å². The number of carbonyl (C=O) groups excluding carboxylic acids is 1. The molecular formula is C37H38N4O4S3. The van der Waals surface area contributed by atoms with Gasteiger partial charge in [-0.2, -0.15) is 37.2 Å². The number of ether oxygens (including phenoxy) is 1. The van der Waals surface area contributed by atoms with Crippen molar-refractivity contribution >= 4 is 71.1 Å². The van der Waals surface area contributed by atoms with Gasteiger partial charge in [0.25, 0.3) is 0 Å². The molecule has 0 aliphatic heterocycles. The Bertz CT molecular complexity index is 2140. The maximum Gasteiger partial charge on any atom is 0.353 e. The van der Waals surface area contributed by atoms with E-state index < -0.39 is 5.69 Å². The highest BCUT2D eigenvalue weighted by Gasteiger charge is 2.27. The van der Waals surface area contributed by atoms with Gasteiger partial charge in [-0.15, -0.1) is 11.3 Å². The van der Waals surface area contributed by atoms with E-state index in [1.54, 1.807) is 10.8 Å². The van der Waals surface area contributed by atoms with Gasteiger partial charge in [0.2, 0.25) is 0 Å². The van der Waals surface area contributed by atoms with Gasteiger partial charge in [-0.3, -0.25) is 9.36 Å². The minimum Gasteiger partial charge on any atom is -0.511 e. The van der Waals surface area contributed by atoms with E-state index in [0.717, 1.165) is 55.2 Å². The van der Waals surface area contributed by atoms with Crippen molar-refractivity contribution in [2.45, 2.75) is 58.3 Å². The van der Waals surface area contributed by atoms with Crippen molar-refractivity contribution in [1.82, 2.24) is 14.5 Å². The average Bonchev–Trinajstić information content (AvgIpc) is 3.81. The third-order valence-electron chi connectivity index (χ3n) is 9.20. The zero-order valence-electron chi connectivity index (χ0n) is 26.6. The first kappa shape index (κ1) is 35.2. The third kappa shape index (κ3) is 7.31. The summed E-state index contributed by atoms with van der Waals surface area (Å²) < 4.78 is 8.18. The quantitative estimate of drug-likeness (QED) is 0.124. The summed E-state index contributed by atoms with van der Waals surface area (Å²) in [5, 5.41) is 21.5. The topological polar surface area (TPSA) is 118 Å². The van der Waals surface area contributed by atoms with E-state index in [1.165, 1.54) is 11.3 Å². The number of hydrogen-bond acceptors (Lipinski definition) is 8. The normalized spacial score (nSPS) is 18.5. The summed E-state index contributed by atoms with van der Waals surface area (Å²) in [5.41, 5.74) is 2.62. The third-order valence-corrected chi connectivity index (χ3v) is 10.3. The lowest BCUT2D eigenvalue weighted by atomic mass is 9.78.